The molecular weight excluding hydrogens is 219 g/mol. The lowest BCUT2D eigenvalue weighted by molar-refractivity contribution is -0.138. The fourth-order valence-electron chi connectivity index (χ4n) is 2.06. The van der Waals surface area contributed by atoms with Gasteiger partial charge in [0.05, 0.1) is 11.6 Å². The quantitative estimate of drug-likeness (QED) is 0.535. The molecule has 2 rings (SSSR count). The molecule has 1 unspecified atom stereocenters. The minimum atomic E-state index is -4.34. The first-order valence-electron chi connectivity index (χ1n) is 4.77. The highest BCUT2D eigenvalue weighted by Gasteiger charge is 2.36. The number of rotatable bonds is 1. The van der Waals surface area contributed by atoms with E-state index in [1.807, 2.05) is 0 Å². The molecular formula is C11H8F3NO. The fourth-order valence-corrected chi connectivity index (χ4v) is 2.06. The highest BCUT2D eigenvalue weighted by Crippen LogP contribution is 2.37. The monoisotopic (exact) mass is 227 g/mol. The molecule has 0 bridgehead atoms. The van der Waals surface area contributed by atoms with Gasteiger partial charge in [-0.3, -0.25) is 0 Å². The number of alkyl halides is 3. The second kappa shape index (κ2) is 3.76. The van der Waals surface area contributed by atoms with Gasteiger partial charge in [0, 0.05) is 0 Å². The van der Waals surface area contributed by atoms with E-state index >= 15 is 0 Å². The van der Waals surface area contributed by atoms with Gasteiger partial charge in [0.25, 0.3) is 0 Å². The van der Waals surface area contributed by atoms with Crippen LogP contribution < -0.4 is 0 Å². The molecule has 1 aliphatic rings. The largest absolute Gasteiger partial charge is 0.416 e. The van der Waals surface area contributed by atoms with E-state index in [2.05, 4.69) is 4.99 Å². The molecule has 2 nitrogen and oxygen atoms in total. The molecule has 1 aromatic rings. The number of hydrogen-bond acceptors (Lipinski definition) is 2. The summed E-state index contributed by atoms with van der Waals surface area (Å²) in [6.45, 7) is 0. The lowest BCUT2D eigenvalue weighted by atomic mass is 10.0. The van der Waals surface area contributed by atoms with Crippen molar-refractivity contribution in [1.29, 1.82) is 0 Å². The topological polar surface area (TPSA) is 29.4 Å². The van der Waals surface area contributed by atoms with Crippen LogP contribution >= 0.6 is 0 Å². The standard InChI is InChI=1S/C11H8F3NO/c12-11(13,14)10-3-1-2-7-4-8(15-6-16)5-9(7)10/h1-3,8H,4-5H2. The maximum Gasteiger partial charge on any atom is 0.416 e. The lowest BCUT2D eigenvalue weighted by Crippen LogP contribution is -2.09. The Bertz CT molecular complexity index is 461. The highest BCUT2D eigenvalue weighted by atomic mass is 19.4. The van der Waals surface area contributed by atoms with E-state index in [0.717, 1.165) is 6.07 Å². The Kier molecular flexibility index (Phi) is 2.56. The molecule has 84 valence electrons. The van der Waals surface area contributed by atoms with Crippen LogP contribution in [0.25, 0.3) is 0 Å². The Morgan fingerprint density at radius 1 is 1.31 bits per heavy atom. The van der Waals surface area contributed by atoms with Crippen molar-refractivity contribution in [1.82, 2.24) is 0 Å². The van der Waals surface area contributed by atoms with Crippen LogP contribution in [0.3, 0.4) is 0 Å². The van der Waals surface area contributed by atoms with Crippen LogP contribution in [0.2, 0.25) is 0 Å². The van der Waals surface area contributed by atoms with Crippen molar-refractivity contribution in [2.24, 2.45) is 4.99 Å². The number of isocyanates is 1. The molecule has 0 amide bonds. The zero-order valence-corrected chi connectivity index (χ0v) is 8.21. The minimum Gasteiger partial charge on any atom is -0.211 e. The third-order valence-corrected chi connectivity index (χ3v) is 2.71. The molecule has 1 atom stereocenters. The predicted molar refractivity (Wildman–Crippen MR) is 50.8 cm³/mol. The Hall–Kier alpha value is -1.61. The summed E-state index contributed by atoms with van der Waals surface area (Å²) < 4.78 is 37.9. The van der Waals surface area contributed by atoms with Gasteiger partial charge in [0.1, 0.15) is 0 Å². The van der Waals surface area contributed by atoms with Gasteiger partial charge >= 0.3 is 6.18 Å². The van der Waals surface area contributed by atoms with Crippen molar-refractivity contribution in [2.75, 3.05) is 0 Å². The molecule has 0 heterocycles. The van der Waals surface area contributed by atoms with Crippen molar-refractivity contribution >= 4 is 6.08 Å². The summed E-state index contributed by atoms with van der Waals surface area (Å²) in [7, 11) is 0. The first-order chi connectivity index (χ1) is 7.52. The number of fused-ring (bicyclic) bond motifs is 1. The summed E-state index contributed by atoms with van der Waals surface area (Å²) >= 11 is 0. The highest BCUT2D eigenvalue weighted by molar-refractivity contribution is 5.43. The van der Waals surface area contributed by atoms with Gasteiger partial charge < -0.3 is 0 Å². The second-order valence-electron chi connectivity index (χ2n) is 3.72. The van der Waals surface area contributed by atoms with Gasteiger partial charge in [-0.15, -0.1) is 0 Å². The average Bonchev–Trinajstić information content (AvgIpc) is 2.58. The SMILES string of the molecule is O=C=NC1Cc2cccc(C(F)(F)F)c2C1. The number of hydrogen-bond donors (Lipinski definition) is 0. The Labute approximate surface area is 89.8 Å². The number of aliphatic imine (C=N–C) groups is 1. The molecule has 0 saturated carbocycles. The van der Waals surface area contributed by atoms with Crippen molar-refractivity contribution in [3.63, 3.8) is 0 Å². The molecule has 16 heavy (non-hydrogen) atoms. The molecule has 0 N–H and O–H groups in total. The fraction of sp³-hybridized carbons (Fsp3) is 0.364. The van der Waals surface area contributed by atoms with Crippen molar-refractivity contribution in [3.8, 4) is 0 Å². The van der Waals surface area contributed by atoms with E-state index in [1.165, 1.54) is 12.1 Å². The van der Waals surface area contributed by atoms with Gasteiger partial charge in [-0.05, 0) is 30.0 Å². The molecule has 1 aromatic carbocycles. The predicted octanol–water partition coefficient (Wildman–Crippen LogP) is 2.51. The third-order valence-electron chi connectivity index (χ3n) is 2.71. The average molecular weight is 227 g/mol. The summed E-state index contributed by atoms with van der Waals surface area (Å²) in [6, 6.07) is 3.70. The third kappa shape index (κ3) is 1.86. The van der Waals surface area contributed by atoms with Crippen molar-refractivity contribution in [3.05, 3.63) is 34.9 Å². The molecule has 0 saturated heterocycles. The van der Waals surface area contributed by atoms with Crippen LogP contribution in [0.5, 0.6) is 0 Å². The van der Waals surface area contributed by atoms with Crippen LogP contribution in [0.1, 0.15) is 16.7 Å². The van der Waals surface area contributed by atoms with Gasteiger partial charge in [0.15, 0.2) is 0 Å². The first kappa shape index (κ1) is 10.9. The van der Waals surface area contributed by atoms with Gasteiger partial charge in [-0.2, -0.15) is 13.2 Å². The summed E-state index contributed by atoms with van der Waals surface area (Å²) in [4.78, 5) is 13.6. The first-order valence-corrected chi connectivity index (χ1v) is 4.77. The second-order valence-corrected chi connectivity index (χ2v) is 3.72. The van der Waals surface area contributed by atoms with Crippen LogP contribution in [0.4, 0.5) is 13.2 Å². The van der Waals surface area contributed by atoms with Gasteiger partial charge in [-0.25, -0.2) is 9.79 Å². The van der Waals surface area contributed by atoms with E-state index in [9.17, 15) is 18.0 Å². The molecule has 0 radical (unpaired) electrons. The maximum absolute atomic E-state index is 12.6. The number of benzene rings is 1. The summed E-state index contributed by atoms with van der Waals surface area (Å²) in [5.41, 5.74) is 0.270. The molecule has 0 aliphatic heterocycles. The molecule has 0 spiro atoms. The smallest absolute Gasteiger partial charge is 0.211 e. The number of carbonyl (C=O) groups excluding carboxylic acids is 1. The maximum atomic E-state index is 12.6. The Morgan fingerprint density at radius 2 is 2.06 bits per heavy atom. The van der Waals surface area contributed by atoms with E-state index in [1.54, 1.807) is 6.07 Å². The molecule has 0 aromatic heterocycles. The zero-order chi connectivity index (χ0) is 11.8. The zero-order valence-electron chi connectivity index (χ0n) is 8.21. The van der Waals surface area contributed by atoms with E-state index in [-0.39, 0.29) is 12.0 Å². The number of halogens is 3. The van der Waals surface area contributed by atoms with Gasteiger partial charge in [-0.1, -0.05) is 12.1 Å². The van der Waals surface area contributed by atoms with Crippen LogP contribution in [0.15, 0.2) is 23.2 Å². The van der Waals surface area contributed by atoms with Crippen molar-refractivity contribution < 1.29 is 18.0 Å². The lowest BCUT2D eigenvalue weighted by Gasteiger charge is -2.11. The number of nitrogens with zero attached hydrogens (tertiary/aromatic N) is 1. The van der Waals surface area contributed by atoms with Crippen LogP contribution in [-0.4, -0.2) is 12.1 Å². The Balaban J connectivity index is 2.42. The molecule has 1 aliphatic carbocycles. The molecule has 0 fully saturated rings. The summed E-state index contributed by atoms with van der Waals surface area (Å²) in [6.07, 6.45) is -2.40. The van der Waals surface area contributed by atoms with E-state index in [0.29, 0.717) is 12.0 Å². The molecule has 5 heteroatoms. The van der Waals surface area contributed by atoms with Crippen molar-refractivity contribution in [2.45, 2.75) is 25.1 Å². The normalized spacial score (nSPS) is 19.1. The van der Waals surface area contributed by atoms with Crippen LogP contribution in [0, 0.1) is 0 Å². The minimum absolute atomic E-state index is 0.167. The summed E-state index contributed by atoms with van der Waals surface area (Å²) in [5.74, 6) is 0. The van der Waals surface area contributed by atoms with E-state index in [4.69, 9.17) is 0 Å². The summed E-state index contributed by atoms with van der Waals surface area (Å²) in [5, 5.41) is 0. The Morgan fingerprint density at radius 3 is 2.69 bits per heavy atom. The van der Waals surface area contributed by atoms with Crippen LogP contribution in [-0.2, 0) is 23.8 Å². The van der Waals surface area contributed by atoms with Gasteiger partial charge in [0.2, 0.25) is 6.08 Å². The van der Waals surface area contributed by atoms with E-state index < -0.39 is 17.8 Å².